The first-order valence-electron chi connectivity index (χ1n) is 5.26. The van der Waals surface area contributed by atoms with Crippen LogP contribution in [0.5, 0.6) is 0 Å². The number of hydrogen-bond acceptors (Lipinski definition) is 6. The van der Waals surface area contributed by atoms with Crippen LogP contribution in [0.3, 0.4) is 0 Å². The van der Waals surface area contributed by atoms with Crippen LogP contribution in [0.1, 0.15) is 20.7 Å². The summed E-state index contributed by atoms with van der Waals surface area (Å²) in [7, 11) is 0. The second-order valence-electron chi connectivity index (χ2n) is 3.79. The molecule has 0 aromatic heterocycles. The molecule has 8 heteroatoms. The Morgan fingerprint density at radius 3 is 1.15 bits per heavy atom. The smallest absolute Gasteiger partial charge is 0.340 e. The maximum atomic E-state index is 11.5. The van der Waals surface area contributed by atoms with Gasteiger partial charge in [-0.2, -0.15) is 0 Å². The predicted molar refractivity (Wildman–Crippen MR) is 62.4 cm³/mol. The molecule has 0 saturated carbocycles. The van der Waals surface area contributed by atoms with Gasteiger partial charge in [0.2, 0.25) is 23.8 Å². The minimum absolute atomic E-state index is 0.165. The quantitative estimate of drug-likeness (QED) is 0.381. The number of carbonyl (C=O) groups excluding carboxylic acids is 2. The Hall–Kier alpha value is -2.58. The average Bonchev–Trinajstić information content (AvgIpc) is 2.44. The van der Waals surface area contributed by atoms with Crippen molar-refractivity contribution in [2.24, 2.45) is 0 Å². The van der Waals surface area contributed by atoms with Gasteiger partial charge in [-0.1, -0.05) is 24.3 Å². The first kappa shape index (κ1) is 15.5. The summed E-state index contributed by atoms with van der Waals surface area (Å²) in [6.45, 7) is 0. The van der Waals surface area contributed by atoms with Crippen LogP contribution in [0.4, 0.5) is 0 Å². The highest BCUT2D eigenvalue weighted by atomic mass is 16.4. The fraction of sp³-hybridized carbons (Fsp3) is 0.167. The Labute approximate surface area is 111 Å². The van der Waals surface area contributed by atoms with Gasteiger partial charge in [0.25, 0.3) is 0 Å². The molecular formula is C12H10O8. The van der Waals surface area contributed by atoms with Gasteiger partial charge in [-0.3, -0.25) is 9.59 Å². The van der Waals surface area contributed by atoms with Gasteiger partial charge in [-0.25, -0.2) is 9.59 Å². The molecule has 0 aliphatic rings. The number of ketones is 2. The first-order chi connectivity index (χ1) is 9.25. The Morgan fingerprint density at radius 2 is 0.950 bits per heavy atom. The van der Waals surface area contributed by atoms with Crippen molar-refractivity contribution in [3.63, 3.8) is 0 Å². The summed E-state index contributed by atoms with van der Waals surface area (Å²) in [5, 5.41) is 35.0. The number of hydrogen-bond donors (Lipinski definition) is 4. The van der Waals surface area contributed by atoms with Crippen LogP contribution in [0, 0.1) is 0 Å². The number of carboxylic acids is 2. The fourth-order valence-electron chi connectivity index (χ4n) is 1.34. The lowest BCUT2D eigenvalue weighted by Gasteiger charge is -2.07. The summed E-state index contributed by atoms with van der Waals surface area (Å²) < 4.78 is 0. The highest BCUT2D eigenvalue weighted by Crippen LogP contribution is 2.10. The number of Topliss-reactive ketones (excluding diaryl/α,β-unsaturated/α-hetero) is 2. The Balaban J connectivity index is 2.95. The molecular weight excluding hydrogens is 272 g/mol. The van der Waals surface area contributed by atoms with Crippen molar-refractivity contribution in [1.29, 1.82) is 0 Å². The molecule has 0 amide bonds. The highest BCUT2D eigenvalue weighted by molar-refractivity contribution is 6.12. The molecule has 0 radical (unpaired) electrons. The Kier molecular flexibility index (Phi) is 4.68. The van der Waals surface area contributed by atoms with E-state index >= 15 is 0 Å². The van der Waals surface area contributed by atoms with E-state index in [1.165, 1.54) is 0 Å². The van der Waals surface area contributed by atoms with E-state index in [-0.39, 0.29) is 11.1 Å². The largest absolute Gasteiger partial charge is 0.479 e. The van der Waals surface area contributed by atoms with Gasteiger partial charge in [0.05, 0.1) is 0 Å². The van der Waals surface area contributed by atoms with Gasteiger partial charge in [0, 0.05) is 11.1 Å². The van der Waals surface area contributed by atoms with E-state index in [4.69, 9.17) is 20.4 Å². The van der Waals surface area contributed by atoms with E-state index in [1.54, 1.807) is 0 Å². The zero-order chi connectivity index (χ0) is 15.4. The van der Waals surface area contributed by atoms with Crippen molar-refractivity contribution < 1.29 is 39.6 Å². The Bertz CT molecular complexity index is 508. The summed E-state index contributed by atoms with van der Waals surface area (Å²) >= 11 is 0. The summed E-state index contributed by atoms with van der Waals surface area (Å²) in [5.41, 5.74) is -0.331. The molecule has 106 valence electrons. The number of aliphatic carboxylic acids is 2. The maximum Gasteiger partial charge on any atom is 0.340 e. The minimum atomic E-state index is -2.22. The molecule has 0 fully saturated rings. The molecule has 0 spiro atoms. The van der Waals surface area contributed by atoms with Gasteiger partial charge >= 0.3 is 11.9 Å². The molecule has 1 aromatic carbocycles. The molecule has 20 heavy (non-hydrogen) atoms. The lowest BCUT2D eigenvalue weighted by Crippen LogP contribution is -2.30. The third-order valence-corrected chi connectivity index (χ3v) is 2.42. The molecule has 2 unspecified atom stereocenters. The summed E-state index contributed by atoms with van der Waals surface area (Å²) in [6, 6.07) is 4.21. The molecule has 0 aliphatic heterocycles. The van der Waals surface area contributed by atoms with E-state index in [2.05, 4.69) is 0 Å². The lowest BCUT2D eigenvalue weighted by molar-refractivity contribution is -0.144. The molecule has 0 aliphatic carbocycles. The zero-order valence-electron chi connectivity index (χ0n) is 9.89. The number of benzene rings is 1. The fourth-order valence-corrected chi connectivity index (χ4v) is 1.34. The monoisotopic (exact) mass is 282 g/mol. The second-order valence-corrected chi connectivity index (χ2v) is 3.79. The van der Waals surface area contributed by atoms with Crippen LogP contribution in [-0.2, 0) is 9.59 Å². The summed E-state index contributed by atoms with van der Waals surface area (Å²) in [6.07, 6.45) is -4.44. The SMILES string of the molecule is O=C(O)C(O)C(=O)c1ccc(C(=O)C(O)C(=O)O)cc1. The molecule has 0 bridgehead atoms. The van der Waals surface area contributed by atoms with E-state index in [0.29, 0.717) is 0 Å². The molecule has 0 saturated heterocycles. The van der Waals surface area contributed by atoms with Gasteiger partial charge in [-0.05, 0) is 0 Å². The molecule has 4 N–H and O–H groups in total. The van der Waals surface area contributed by atoms with Crippen molar-refractivity contribution in [3.8, 4) is 0 Å². The van der Waals surface area contributed by atoms with Gasteiger partial charge in [0.1, 0.15) is 0 Å². The maximum absolute atomic E-state index is 11.5. The van der Waals surface area contributed by atoms with E-state index in [0.717, 1.165) is 24.3 Å². The minimum Gasteiger partial charge on any atom is -0.479 e. The number of carbonyl (C=O) groups is 4. The third kappa shape index (κ3) is 3.25. The highest BCUT2D eigenvalue weighted by Gasteiger charge is 2.26. The average molecular weight is 282 g/mol. The van der Waals surface area contributed by atoms with Crippen LogP contribution in [0.15, 0.2) is 24.3 Å². The first-order valence-corrected chi connectivity index (χ1v) is 5.26. The zero-order valence-corrected chi connectivity index (χ0v) is 9.89. The van der Waals surface area contributed by atoms with E-state index in [1.807, 2.05) is 0 Å². The molecule has 8 nitrogen and oxygen atoms in total. The number of aliphatic hydroxyl groups excluding tert-OH is 2. The van der Waals surface area contributed by atoms with Crippen LogP contribution in [-0.4, -0.2) is 56.1 Å². The standard InChI is InChI=1S/C12H10O8/c13-7(9(15)11(17)18)5-1-2-6(4-3-5)8(14)10(16)12(19)20/h1-4,9-10,15-16H,(H,17,18)(H,19,20). The van der Waals surface area contributed by atoms with Crippen LogP contribution >= 0.6 is 0 Å². The van der Waals surface area contributed by atoms with Gasteiger partial charge in [0.15, 0.2) is 0 Å². The Morgan fingerprint density at radius 1 is 0.700 bits per heavy atom. The normalized spacial score (nSPS) is 13.3. The summed E-state index contributed by atoms with van der Waals surface area (Å²) in [4.78, 5) is 43.8. The van der Waals surface area contributed by atoms with E-state index in [9.17, 15) is 19.2 Å². The molecule has 0 heterocycles. The van der Waals surface area contributed by atoms with Crippen molar-refractivity contribution in [2.75, 3.05) is 0 Å². The molecule has 2 atom stereocenters. The predicted octanol–water partition coefficient (Wildman–Crippen LogP) is -1.06. The van der Waals surface area contributed by atoms with Crippen molar-refractivity contribution in [2.45, 2.75) is 12.2 Å². The molecule has 1 aromatic rings. The van der Waals surface area contributed by atoms with Crippen LogP contribution < -0.4 is 0 Å². The number of aliphatic hydroxyl groups is 2. The van der Waals surface area contributed by atoms with Gasteiger partial charge in [-0.15, -0.1) is 0 Å². The lowest BCUT2D eigenvalue weighted by atomic mass is 10.0. The second kappa shape index (κ2) is 6.04. The van der Waals surface area contributed by atoms with Crippen molar-refractivity contribution in [3.05, 3.63) is 35.4 Å². The third-order valence-electron chi connectivity index (χ3n) is 2.42. The van der Waals surface area contributed by atoms with Crippen molar-refractivity contribution in [1.82, 2.24) is 0 Å². The summed E-state index contributed by atoms with van der Waals surface area (Å²) in [5.74, 6) is -5.57. The van der Waals surface area contributed by atoms with Crippen molar-refractivity contribution >= 4 is 23.5 Å². The number of rotatable bonds is 6. The number of carboxylic acid groups (broad SMARTS) is 2. The van der Waals surface area contributed by atoms with Crippen LogP contribution in [0.2, 0.25) is 0 Å². The molecule has 1 rings (SSSR count). The topological polar surface area (TPSA) is 149 Å². The van der Waals surface area contributed by atoms with Gasteiger partial charge < -0.3 is 20.4 Å². The van der Waals surface area contributed by atoms with Crippen LogP contribution in [0.25, 0.3) is 0 Å². The van der Waals surface area contributed by atoms with E-state index < -0.39 is 35.7 Å².